The van der Waals surface area contributed by atoms with Gasteiger partial charge in [0.15, 0.2) is 0 Å². The Labute approximate surface area is 244 Å². The molecule has 1 fully saturated rings. The van der Waals surface area contributed by atoms with Crippen LogP contribution in [0.2, 0.25) is 0 Å². The zero-order valence-corrected chi connectivity index (χ0v) is 25.2. The second-order valence-corrected chi connectivity index (χ2v) is 14.6. The number of hydrogen-bond donors (Lipinski definition) is 3. The van der Waals surface area contributed by atoms with Gasteiger partial charge in [-0.05, 0) is 41.5 Å². The van der Waals surface area contributed by atoms with Gasteiger partial charge in [-0.3, -0.25) is 14.5 Å². The zero-order chi connectivity index (χ0) is 28.9. The van der Waals surface area contributed by atoms with Gasteiger partial charge in [0, 0.05) is 29.0 Å². The molecule has 2 unspecified atom stereocenters. The molecule has 13 nitrogen and oxygen atoms in total. The third-order valence-corrected chi connectivity index (χ3v) is 11.6. The Morgan fingerprint density at radius 2 is 2.08 bits per heavy atom. The highest BCUT2D eigenvalue weighted by atomic mass is 32.2. The Kier molecular flexibility index (Phi) is 10.3. The van der Waals surface area contributed by atoms with Gasteiger partial charge < -0.3 is 10.4 Å². The maximum absolute atomic E-state index is 13.2. The molecule has 0 radical (unpaired) electrons. The molecule has 1 saturated heterocycles. The first-order valence-electron chi connectivity index (χ1n) is 12.8. The molecule has 0 aromatic carbocycles. The Hall–Kier alpha value is -2.47. The van der Waals surface area contributed by atoms with Crippen LogP contribution in [0.1, 0.15) is 38.0 Å². The van der Waals surface area contributed by atoms with E-state index in [4.69, 9.17) is 0 Å². The molecule has 0 aliphatic carbocycles. The topological polar surface area (TPSA) is 179 Å². The number of carboxylic acids is 1. The maximum atomic E-state index is 13.2. The first-order chi connectivity index (χ1) is 19.2. The highest BCUT2D eigenvalue weighted by molar-refractivity contribution is 8.01. The summed E-state index contributed by atoms with van der Waals surface area (Å²) in [6.45, 7) is 4.63. The number of carbonyl (C=O) groups is 3. The summed E-state index contributed by atoms with van der Waals surface area (Å²) < 4.78 is 27.8. The van der Waals surface area contributed by atoms with Crippen molar-refractivity contribution in [3.8, 4) is 0 Å². The number of aromatic nitrogens is 4. The van der Waals surface area contributed by atoms with E-state index in [2.05, 4.69) is 25.9 Å². The fourth-order valence-corrected chi connectivity index (χ4v) is 9.70. The van der Waals surface area contributed by atoms with E-state index in [0.29, 0.717) is 31.5 Å². The minimum Gasteiger partial charge on any atom is -0.477 e. The number of thioether (sulfide) groups is 2. The molecule has 218 valence electrons. The zero-order valence-electron chi connectivity index (χ0n) is 22.0. The lowest BCUT2D eigenvalue weighted by molar-refractivity contribution is -0.150. The second-order valence-electron chi connectivity index (χ2n) is 9.19. The van der Waals surface area contributed by atoms with E-state index in [1.54, 1.807) is 0 Å². The molecule has 0 saturated carbocycles. The van der Waals surface area contributed by atoms with Crippen LogP contribution >= 0.6 is 34.9 Å². The molecule has 2 aliphatic rings. The smallest absolute Gasteiger partial charge is 0.352 e. The van der Waals surface area contributed by atoms with Gasteiger partial charge in [0.25, 0.3) is 5.91 Å². The number of tetrazole rings is 1. The highest BCUT2D eigenvalue weighted by Gasteiger charge is 2.54. The molecule has 3 N–H and O–H groups in total. The van der Waals surface area contributed by atoms with Crippen LogP contribution in [0, 0.1) is 0 Å². The number of fused-ring (bicyclic) bond motifs is 1. The monoisotopic (exact) mass is 629 g/mol. The van der Waals surface area contributed by atoms with E-state index in [9.17, 15) is 27.9 Å². The van der Waals surface area contributed by atoms with Gasteiger partial charge in [-0.2, -0.15) is 5.21 Å². The van der Waals surface area contributed by atoms with Crippen LogP contribution in [0.15, 0.2) is 33.9 Å². The van der Waals surface area contributed by atoms with Crippen LogP contribution in [0.3, 0.4) is 0 Å². The minimum atomic E-state index is -3.61. The third kappa shape index (κ3) is 6.87. The Balaban J connectivity index is 1.56. The average Bonchev–Trinajstić information content (AvgIpc) is 3.63. The number of sulfonamides is 1. The number of hydrogen-bond acceptors (Lipinski definition) is 11. The van der Waals surface area contributed by atoms with Crippen LogP contribution < -0.4 is 5.32 Å². The largest absolute Gasteiger partial charge is 0.477 e. The number of rotatable bonds is 15. The lowest BCUT2D eigenvalue weighted by Gasteiger charge is -2.50. The van der Waals surface area contributed by atoms with Gasteiger partial charge in [-0.1, -0.05) is 31.7 Å². The molecule has 3 atom stereocenters. The molecule has 2 amide bonds. The number of carbonyl (C=O) groups excluding carboxylic acids is 2. The molecule has 2 aliphatic heterocycles. The van der Waals surface area contributed by atoms with Crippen molar-refractivity contribution in [3.63, 3.8) is 0 Å². The standard InChI is InChI=1S/C23H31N7O6S4/c1-3-8-29(9-4-2)40(35,36)11-7-16(39-23-25-27-28-26-23)15-13-38-21-18(20(32)30(21)19(15)22(33)34)24-17(31)12-14-6-5-10-37-14/h5-6,10,16,18,21H,3-4,7-9,11-13H2,1-2H3,(H,24,31)(H,33,34)(H,25,26,27,28)/t16?,18?,21-/m0/s1. The fraction of sp³-hybridized carbons (Fsp3) is 0.565. The van der Waals surface area contributed by atoms with Crippen molar-refractivity contribution in [1.29, 1.82) is 0 Å². The van der Waals surface area contributed by atoms with E-state index in [-0.39, 0.29) is 41.1 Å². The molecule has 40 heavy (non-hydrogen) atoms. The molecule has 0 bridgehead atoms. The summed E-state index contributed by atoms with van der Waals surface area (Å²) in [5, 5.41) is 27.6. The third-order valence-electron chi connectivity index (χ3n) is 6.37. The van der Waals surface area contributed by atoms with Crippen molar-refractivity contribution in [3.05, 3.63) is 33.7 Å². The van der Waals surface area contributed by atoms with Crippen LogP contribution in [-0.4, -0.2) is 102 Å². The molecular formula is C23H31N7O6S4. The van der Waals surface area contributed by atoms with Crippen molar-refractivity contribution in [2.24, 2.45) is 0 Å². The lowest BCUT2D eigenvalue weighted by Crippen LogP contribution is -2.70. The van der Waals surface area contributed by atoms with Gasteiger partial charge in [-0.15, -0.1) is 33.3 Å². The number of nitrogens with zero attached hydrogens (tertiary/aromatic N) is 5. The molecular weight excluding hydrogens is 599 g/mol. The molecule has 2 aromatic rings. The fourth-order valence-electron chi connectivity index (χ4n) is 4.59. The predicted octanol–water partition coefficient (Wildman–Crippen LogP) is 1.55. The highest BCUT2D eigenvalue weighted by Crippen LogP contribution is 2.44. The first kappa shape index (κ1) is 30.5. The lowest BCUT2D eigenvalue weighted by atomic mass is 10.0. The van der Waals surface area contributed by atoms with Crippen LogP contribution in [-0.2, 0) is 30.8 Å². The van der Waals surface area contributed by atoms with Crippen molar-refractivity contribution in [2.75, 3.05) is 24.6 Å². The van der Waals surface area contributed by atoms with E-state index in [0.717, 1.165) is 16.6 Å². The van der Waals surface area contributed by atoms with Crippen LogP contribution in [0.5, 0.6) is 0 Å². The number of amides is 2. The number of aromatic amines is 1. The molecule has 2 aromatic heterocycles. The summed E-state index contributed by atoms with van der Waals surface area (Å²) in [6.07, 6.45) is 1.58. The average molecular weight is 630 g/mol. The summed E-state index contributed by atoms with van der Waals surface area (Å²) in [6, 6.07) is 2.83. The number of H-pyrrole nitrogens is 1. The number of nitrogens with one attached hydrogen (secondary N) is 2. The number of β-lactam (4-membered cyclic amide) rings is 1. The van der Waals surface area contributed by atoms with Crippen molar-refractivity contribution >= 4 is 62.7 Å². The van der Waals surface area contributed by atoms with Crippen molar-refractivity contribution in [1.82, 2.24) is 35.1 Å². The molecule has 4 heterocycles. The Morgan fingerprint density at radius 1 is 1.32 bits per heavy atom. The van der Waals surface area contributed by atoms with Gasteiger partial charge >= 0.3 is 5.97 Å². The van der Waals surface area contributed by atoms with E-state index >= 15 is 0 Å². The summed E-state index contributed by atoms with van der Waals surface area (Å²) in [5.74, 6) is -2.09. The number of aliphatic carboxylic acids is 1. The van der Waals surface area contributed by atoms with Gasteiger partial charge in [0.2, 0.25) is 21.1 Å². The van der Waals surface area contributed by atoms with Crippen molar-refractivity contribution in [2.45, 2.75) is 61.4 Å². The number of thiophene rings is 1. The summed E-state index contributed by atoms with van der Waals surface area (Å²) in [5.41, 5.74) is 0.225. The molecule has 0 spiro atoms. The predicted molar refractivity (Wildman–Crippen MR) is 152 cm³/mol. The normalized spacial score (nSPS) is 19.9. The van der Waals surface area contributed by atoms with E-state index in [1.807, 2.05) is 31.4 Å². The van der Waals surface area contributed by atoms with Crippen molar-refractivity contribution < 1.29 is 27.9 Å². The first-order valence-corrected chi connectivity index (χ1v) is 17.2. The van der Waals surface area contributed by atoms with Gasteiger partial charge in [0.1, 0.15) is 17.1 Å². The SMILES string of the molecule is CCCN(CCC)S(=O)(=O)CCC(Sc1nn[nH]n1)C1=C(C(=O)O)N2C(=O)C(NC(=O)Cc3cccs3)[C@@H]2SC1. The van der Waals surface area contributed by atoms with E-state index < -0.39 is 38.6 Å². The molecule has 17 heteroatoms. The maximum Gasteiger partial charge on any atom is 0.352 e. The minimum absolute atomic E-state index is 0.0891. The quantitative estimate of drug-likeness (QED) is 0.192. The number of carboxylic acid groups (broad SMARTS) is 1. The Morgan fingerprint density at radius 3 is 2.67 bits per heavy atom. The Bertz CT molecular complexity index is 1330. The molecule has 4 rings (SSSR count). The summed E-state index contributed by atoms with van der Waals surface area (Å²) in [7, 11) is -3.61. The van der Waals surface area contributed by atoms with E-state index in [1.165, 1.54) is 32.3 Å². The van der Waals surface area contributed by atoms with Gasteiger partial charge in [-0.25, -0.2) is 17.5 Å². The second kappa shape index (κ2) is 13.5. The van der Waals surface area contributed by atoms with Crippen LogP contribution in [0.25, 0.3) is 0 Å². The summed E-state index contributed by atoms with van der Waals surface area (Å²) >= 11 is 3.88. The summed E-state index contributed by atoms with van der Waals surface area (Å²) in [4.78, 5) is 40.2. The van der Waals surface area contributed by atoms with Gasteiger partial charge in [0.05, 0.1) is 12.2 Å². The van der Waals surface area contributed by atoms with Crippen LogP contribution in [0.4, 0.5) is 0 Å².